The number of hydrogen-bond donors (Lipinski definition) is 0. The van der Waals surface area contributed by atoms with Gasteiger partial charge >= 0.3 is 5.97 Å². The van der Waals surface area contributed by atoms with E-state index in [1.807, 2.05) is 13.8 Å². The number of anilines is 1. The predicted octanol–water partition coefficient (Wildman–Crippen LogP) is 6.16. The quantitative estimate of drug-likeness (QED) is 0.239. The number of hydrogen-bond acceptors (Lipinski definition) is 3. The van der Waals surface area contributed by atoms with Crippen molar-refractivity contribution in [3.63, 3.8) is 0 Å². The maximum atomic E-state index is 14.3. The van der Waals surface area contributed by atoms with E-state index in [0.717, 1.165) is 11.3 Å². The van der Waals surface area contributed by atoms with Gasteiger partial charge in [0.15, 0.2) is 11.6 Å². The number of benzene rings is 2. The number of carbonyl (C=O) groups excluding carboxylic acids is 2. The summed E-state index contributed by atoms with van der Waals surface area (Å²) < 4.78 is 61.4. The summed E-state index contributed by atoms with van der Waals surface area (Å²) in [6.07, 6.45) is 0.627. The summed E-state index contributed by atoms with van der Waals surface area (Å²) in [6.45, 7) is 10.1. The molecule has 0 saturated carbocycles. The lowest BCUT2D eigenvalue weighted by Crippen LogP contribution is -2.27. The van der Waals surface area contributed by atoms with Crippen LogP contribution in [0, 0.1) is 29.2 Å². The molecule has 168 valence electrons. The maximum absolute atomic E-state index is 14.3. The van der Waals surface area contributed by atoms with Gasteiger partial charge in [0.2, 0.25) is 23.3 Å². The van der Waals surface area contributed by atoms with Crippen LogP contribution in [0.5, 0.6) is 5.75 Å². The second-order valence-corrected chi connectivity index (χ2v) is 7.56. The van der Waals surface area contributed by atoms with Crippen molar-refractivity contribution in [3.8, 4) is 5.75 Å². The zero-order valence-electron chi connectivity index (χ0n) is 18.0. The van der Waals surface area contributed by atoms with Crippen LogP contribution < -0.4 is 9.64 Å². The Labute approximate surface area is 182 Å². The van der Waals surface area contributed by atoms with Gasteiger partial charge in [-0.05, 0) is 62.6 Å². The molecule has 2 aromatic rings. The molecule has 32 heavy (non-hydrogen) atoms. The van der Waals surface area contributed by atoms with E-state index in [0.29, 0.717) is 12.1 Å². The van der Waals surface area contributed by atoms with Crippen LogP contribution in [0.15, 0.2) is 42.1 Å². The van der Waals surface area contributed by atoms with Gasteiger partial charge in [-0.25, -0.2) is 13.6 Å². The number of allylic oxidation sites excluding steroid dienone is 2. The summed E-state index contributed by atoms with van der Waals surface area (Å²) in [5, 5.41) is 0. The first kappa shape index (κ1) is 23.2. The molecular weight excluding hydrogens is 426 g/mol. The highest BCUT2D eigenvalue weighted by molar-refractivity contribution is 6.03. The monoisotopic (exact) mass is 447 g/mol. The van der Waals surface area contributed by atoms with Crippen LogP contribution in [0.2, 0.25) is 0 Å². The lowest BCUT2D eigenvalue weighted by atomic mass is 10.0. The Morgan fingerprint density at radius 1 is 1.06 bits per heavy atom. The maximum Gasteiger partial charge on any atom is 0.343 e. The Morgan fingerprint density at radius 2 is 1.59 bits per heavy atom. The summed E-state index contributed by atoms with van der Waals surface area (Å²) in [5.74, 6) is -10.2. The highest BCUT2D eigenvalue weighted by atomic mass is 19.2. The largest absolute Gasteiger partial charge is 0.416 e. The van der Waals surface area contributed by atoms with Gasteiger partial charge in [0.1, 0.15) is 0 Å². The van der Waals surface area contributed by atoms with Gasteiger partial charge in [0, 0.05) is 11.4 Å². The minimum atomic E-state index is -1.84. The second kappa shape index (κ2) is 8.61. The predicted molar refractivity (Wildman–Crippen MR) is 112 cm³/mol. The SMILES string of the molecule is C=C(C)c1c(F)c(F)c(OC(=O)c2ccc(N3C(=O)C(C)C(C)=C3CC)cc2)c(F)c1F. The van der Waals surface area contributed by atoms with Crippen LogP contribution in [0.3, 0.4) is 0 Å². The summed E-state index contributed by atoms with van der Waals surface area (Å²) in [6, 6.07) is 5.55. The van der Waals surface area contributed by atoms with Crippen molar-refractivity contribution < 1.29 is 31.9 Å². The molecule has 0 N–H and O–H groups in total. The molecule has 0 saturated heterocycles. The van der Waals surface area contributed by atoms with Crippen molar-refractivity contribution in [1.82, 2.24) is 0 Å². The Bertz CT molecular complexity index is 1140. The van der Waals surface area contributed by atoms with Crippen molar-refractivity contribution >= 4 is 23.1 Å². The van der Waals surface area contributed by atoms with E-state index in [9.17, 15) is 27.2 Å². The highest BCUT2D eigenvalue weighted by Gasteiger charge is 2.34. The van der Waals surface area contributed by atoms with Crippen molar-refractivity contribution in [3.05, 3.63) is 76.5 Å². The lowest BCUT2D eigenvalue weighted by Gasteiger charge is -2.20. The van der Waals surface area contributed by atoms with Gasteiger partial charge in [-0.2, -0.15) is 8.78 Å². The second-order valence-electron chi connectivity index (χ2n) is 7.56. The normalized spacial score (nSPS) is 16.1. The fourth-order valence-corrected chi connectivity index (χ4v) is 3.63. The van der Waals surface area contributed by atoms with E-state index >= 15 is 0 Å². The third-order valence-corrected chi connectivity index (χ3v) is 5.51. The summed E-state index contributed by atoms with van der Waals surface area (Å²) in [4.78, 5) is 26.5. The third kappa shape index (κ3) is 3.70. The summed E-state index contributed by atoms with van der Waals surface area (Å²) >= 11 is 0. The standard InChI is InChI=1S/C24H21F4NO3/c1-6-16-12(4)13(5)23(30)29(16)15-9-7-14(8-10-15)24(31)32-22-20(27)18(25)17(11(2)3)19(26)21(22)28/h7-10,13H,2,6H2,1,3-5H3. The van der Waals surface area contributed by atoms with E-state index in [1.165, 1.54) is 31.2 Å². The van der Waals surface area contributed by atoms with Crippen molar-refractivity contribution in [2.75, 3.05) is 4.90 Å². The number of amides is 1. The van der Waals surface area contributed by atoms with Crippen LogP contribution >= 0.6 is 0 Å². The number of nitrogens with zero attached hydrogens (tertiary/aromatic N) is 1. The molecule has 2 aromatic carbocycles. The van der Waals surface area contributed by atoms with Gasteiger partial charge in [-0.1, -0.05) is 13.5 Å². The van der Waals surface area contributed by atoms with Crippen molar-refractivity contribution in [2.24, 2.45) is 5.92 Å². The number of halogens is 4. The smallest absolute Gasteiger partial charge is 0.343 e. The zero-order valence-corrected chi connectivity index (χ0v) is 18.0. The van der Waals surface area contributed by atoms with Crippen LogP contribution in [-0.2, 0) is 4.79 Å². The minimum Gasteiger partial charge on any atom is -0.416 e. The Morgan fingerprint density at radius 3 is 2.06 bits per heavy atom. The van der Waals surface area contributed by atoms with Gasteiger partial charge in [0.25, 0.3) is 0 Å². The third-order valence-electron chi connectivity index (χ3n) is 5.51. The van der Waals surface area contributed by atoms with E-state index in [-0.39, 0.29) is 23.0 Å². The Kier molecular flexibility index (Phi) is 6.25. The number of rotatable bonds is 5. The number of ether oxygens (including phenoxy) is 1. The minimum absolute atomic E-state index is 0.109. The molecule has 1 heterocycles. The first-order chi connectivity index (χ1) is 15.0. The van der Waals surface area contributed by atoms with E-state index < -0.39 is 40.6 Å². The van der Waals surface area contributed by atoms with Crippen molar-refractivity contribution in [2.45, 2.75) is 34.1 Å². The molecule has 1 amide bonds. The lowest BCUT2D eigenvalue weighted by molar-refractivity contribution is -0.119. The molecule has 0 aromatic heterocycles. The Balaban J connectivity index is 1.90. The van der Waals surface area contributed by atoms with Crippen LogP contribution in [-0.4, -0.2) is 11.9 Å². The molecule has 0 fully saturated rings. The molecular formula is C24H21F4NO3. The van der Waals surface area contributed by atoms with E-state index in [1.54, 1.807) is 11.8 Å². The van der Waals surface area contributed by atoms with Crippen LogP contribution in [0.4, 0.5) is 23.2 Å². The molecule has 0 radical (unpaired) electrons. The molecule has 0 bridgehead atoms. The van der Waals surface area contributed by atoms with Gasteiger partial charge in [-0.15, -0.1) is 0 Å². The zero-order chi connectivity index (χ0) is 23.9. The molecule has 0 spiro atoms. The van der Waals surface area contributed by atoms with Crippen LogP contribution in [0.1, 0.15) is 50.0 Å². The Hall–Kier alpha value is -3.42. The van der Waals surface area contributed by atoms with Gasteiger partial charge in [-0.3, -0.25) is 9.69 Å². The van der Waals surface area contributed by atoms with Crippen LogP contribution in [0.25, 0.3) is 5.57 Å². The average Bonchev–Trinajstić information content (AvgIpc) is 2.98. The molecule has 1 atom stereocenters. The number of esters is 1. The highest BCUT2D eigenvalue weighted by Crippen LogP contribution is 2.36. The molecule has 8 heteroatoms. The van der Waals surface area contributed by atoms with Gasteiger partial charge < -0.3 is 4.74 Å². The molecule has 1 aliphatic heterocycles. The van der Waals surface area contributed by atoms with Crippen molar-refractivity contribution in [1.29, 1.82) is 0 Å². The molecule has 3 rings (SSSR count). The average molecular weight is 447 g/mol. The molecule has 1 aliphatic rings. The molecule has 0 aliphatic carbocycles. The molecule has 1 unspecified atom stereocenters. The summed E-state index contributed by atoms with van der Waals surface area (Å²) in [5.41, 5.74) is 0.999. The first-order valence-corrected chi connectivity index (χ1v) is 9.88. The number of carbonyl (C=O) groups is 2. The molecule has 4 nitrogen and oxygen atoms in total. The topological polar surface area (TPSA) is 46.6 Å². The van der Waals surface area contributed by atoms with Gasteiger partial charge in [0.05, 0.1) is 17.0 Å². The summed E-state index contributed by atoms with van der Waals surface area (Å²) in [7, 11) is 0. The van der Waals surface area contributed by atoms with E-state index in [2.05, 4.69) is 11.3 Å². The fraction of sp³-hybridized carbons (Fsp3) is 0.250. The fourth-order valence-electron chi connectivity index (χ4n) is 3.63. The first-order valence-electron chi connectivity index (χ1n) is 9.88. The van der Waals surface area contributed by atoms with E-state index in [4.69, 9.17) is 0 Å².